The molecule has 2 rings (SSSR count). The maximum absolute atomic E-state index is 12.0. The third-order valence-electron chi connectivity index (χ3n) is 2.82. The summed E-state index contributed by atoms with van der Waals surface area (Å²) in [6, 6.07) is 6.23. The number of benzene rings is 1. The number of aromatic nitrogens is 2. The first kappa shape index (κ1) is 10.0. The summed E-state index contributed by atoms with van der Waals surface area (Å²) in [5.74, 6) is 0. The number of aryl methyl sites for hydroxylation is 2. The standard InChI is InChI=1S/C12H16N2O/c1-8(2)14-10-7-5-6-9(3)11(10)13(4)12(14)15/h5-8H,1-4H3. The number of nitrogens with zero attached hydrogens (tertiary/aromatic N) is 2. The Kier molecular flexibility index (Phi) is 2.18. The number of imidazole rings is 1. The van der Waals surface area contributed by atoms with Gasteiger partial charge in [-0.2, -0.15) is 0 Å². The monoisotopic (exact) mass is 204 g/mol. The maximum atomic E-state index is 12.0. The van der Waals surface area contributed by atoms with Crippen LogP contribution in [0.1, 0.15) is 25.5 Å². The second-order valence-corrected chi connectivity index (χ2v) is 4.25. The minimum Gasteiger partial charge on any atom is -0.295 e. The lowest BCUT2D eigenvalue weighted by atomic mass is 10.2. The molecule has 0 atom stereocenters. The zero-order chi connectivity index (χ0) is 11.2. The van der Waals surface area contributed by atoms with E-state index in [9.17, 15) is 4.79 Å². The van der Waals surface area contributed by atoms with Crippen molar-refractivity contribution in [1.82, 2.24) is 9.13 Å². The molecule has 0 N–H and O–H groups in total. The van der Waals surface area contributed by atoms with Crippen LogP contribution in [0.15, 0.2) is 23.0 Å². The van der Waals surface area contributed by atoms with Crippen LogP contribution < -0.4 is 5.69 Å². The molecule has 1 aromatic heterocycles. The molecule has 0 aliphatic rings. The fraction of sp³-hybridized carbons (Fsp3) is 0.417. The van der Waals surface area contributed by atoms with Gasteiger partial charge in [-0.05, 0) is 32.4 Å². The molecule has 3 heteroatoms. The summed E-state index contributed by atoms with van der Waals surface area (Å²) in [6.07, 6.45) is 0. The summed E-state index contributed by atoms with van der Waals surface area (Å²) in [5.41, 5.74) is 3.27. The van der Waals surface area contributed by atoms with Crippen LogP contribution in [0.5, 0.6) is 0 Å². The zero-order valence-corrected chi connectivity index (χ0v) is 9.61. The summed E-state index contributed by atoms with van der Waals surface area (Å²) < 4.78 is 3.56. The quantitative estimate of drug-likeness (QED) is 0.699. The van der Waals surface area contributed by atoms with Crippen LogP contribution in [-0.2, 0) is 7.05 Å². The molecule has 0 aliphatic carbocycles. The molecular weight excluding hydrogens is 188 g/mol. The summed E-state index contributed by atoms with van der Waals surface area (Å²) in [5, 5.41) is 0. The molecule has 1 heterocycles. The van der Waals surface area contributed by atoms with Crippen molar-refractivity contribution in [3.8, 4) is 0 Å². The predicted octanol–water partition coefficient (Wildman–Crippen LogP) is 2.23. The van der Waals surface area contributed by atoms with Crippen molar-refractivity contribution >= 4 is 11.0 Å². The molecule has 0 unspecified atom stereocenters. The Morgan fingerprint density at radius 2 is 1.93 bits per heavy atom. The molecule has 0 saturated heterocycles. The van der Waals surface area contributed by atoms with Crippen LogP contribution in [-0.4, -0.2) is 9.13 Å². The smallest absolute Gasteiger partial charge is 0.295 e. The Hall–Kier alpha value is -1.51. The zero-order valence-electron chi connectivity index (χ0n) is 9.61. The van der Waals surface area contributed by atoms with Gasteiger partial charge >= 0.3 is 5.69 Å². The van der Waals surface area contributed by atoms with Crippen LogP contribution in [0.3, 0.4) is 0 Å². The second kappa shape index (κ2) is 3.26. The Labute approximate surface area is 88.9 Å². The van der Waals surface area contributed by atoms with Gasteiger partial charge in [-0.15, -0.1) is 0 Å². The van der Waals surface area contributed by atoms with Crippen molar-refractivity contribution in [2.24, 2.45) is 7.05 Å². The topological polar surface area (TPSA) is 26.9 Å². The van der Waals surface area contributed by atoms with E-state index >= 15 is 0 Å². The molecule has 0 amide bonds. The summed E-state index contributed by atoms with van der Waals surface area (Å²) >= 11 is 0. The highest BCUT2D eigenvalue weighted by atomic mass is 16.1. The Bertz CT molecular complexity index is 561. The van der Waals surface area contributed by atoms with Crippen molar-refractivity contribution in [3.63, 3.8) is 0 Å². The van der Waals surface area contributed by atoms with Gasteiger partial charge in [0.15, 0.2) is 0 Å². The fourth-order valence-corrected chi connectivity index (χ4v) is 2.13. The first-order valence-electron chi connectivity index (χ1n) is 5.20. The first-order chi connectivity index (χ1) is 7.04. The molecule has 2 aromatic rings. The number of fused-ring (bicyclic) bond motifs is 1. The van der Waals surface area contributed by atoms with E-state index in [1.54, 1.807) is 4.57 Å². The second-order valence-electron chi connectivity index (χ2n) is 4.25. The Morgan fingerprint density at radius 1 is 1.27 bits per heavy atom. The summed E-state index contributed by atoms with van der Waals surface area (Å²) in [6.45, 7) is 6.10. The molecule has 0 radical (unpaired) electrons. The van der Waals surface area contributed by atoms with E-state index in [-0.39, 0.29) is 11.7 Å². The average Bonchev–Trinajstić information content (AvgIpc) is 2.41. The number of hydrogen-bond donors (Lipinski definition) is 0. The minimum atomic E-state index is 0.0642. The lowest BCUT2D eigenvalue weighted by molar-refractivity contribution is 0.583. The minimum absolute atomic E-state index is 0.0642. The van der Waals surface area contributed by atoms with Crippen LogP contribution in [0.4, 0.5) is 0 Å². The van der Waals surface area contributed by atoms with Crippen molar-refractivity contribution in [1.29, 1.82) is 0 Å². The van der Waals surface area contributed by atoms with Crippen molar-refractivity contribution in [3.05, 3.63) is 34.2 Å². The van der Waals surface area contributed by atoms with Crippen LogP contribution in [0.25, 0.3) is 11.0 Å². The summed E-state index contributed by atoms with van der Waals surface area (Å²) in [7, 11) is 1.83. The van der Waals surface area contributed by atoms with Gasteiger partial charge in [0, 0.05) is 13.1 Å². The van der Waals surface area contributed by atoms with Crippen molar-refractivity contribution < 1.29 is 0 Å². The first-order valence-corrected chi connectivity index (χ1v) is 5.20. The number of para-hydroxylation sites is 1. The van der Waals surface area contributed by atoms with Crippen molar-refractivity contribution in [2.75, 3.05) is 0 Å². The van der Waals surface area contributed by atoms with Crippen molar-refractivity contribution in [2.45, 2.75) is 26.8 Å². The van der Waals surface area contributed by atoms with Crippen LogP contribution in [0.2, 0.25) is 0 Å². The lowest BCUT2D eigenvalue weighted by Crippen LogP contribution is -2.23. The maximum Gasteiger partial charge on any atom is 0.329 e. The van der Waals surface area contributed by atoms with Gasteiger partial charge < -0.3 is 0 Å². The predicted molar refractivity (Wildman–Crippen MR) is 62.3 cm³/mol. The average molecular weight is 204 g/mol. The number of hydrogen-bond acceptors (Lipinski definition) is 1. The largest absolute Gasteiger partial charge is 0.329 e. The molecular formula is C12H16N2O. The van der Waals surface area contributed by atoms with E-state index < -0.39 is 0 Å². The Morgan fingerprint density at radius 3 is 2.53 bits per heavy atom. The molecule has 3 nitrogen and oxygen atoms in total. The highest BCUT2D eigenvalue weighted by Gasteiger charge is 2.13. The highest BCUT2D eigenvalue weighted by molar-refractivity contribution is 5.79. The van der Waals surface area contributed by atoms with Crippen LogP contribution >= 0.6 is 0 Å². The van der Waals surface area contributed by atoms with Gasteiger partial charge in [-0.3, -0.25) is 9.13 Å². The molecule has 15 heavy (non-hydrogen) atoms. The Balaban J connectivity index is 3.01. The fourth-order valence-electron chi connectivity index (χ4n) is 2.13. The van der Waals surface area contributed by atoms with E-state index in [0.717, 1.165) is 16.6 Å². The third-order valence-corrected chi connectivity index (χ3v) is 2.82. The number of rotatable bonds is 1. The van der Waals surface area contributed by atoms with E-state index in [0.29, 0.717) is 0 Å². The SMILES string of the molecule is Cc1cccc2c1n(C)c(=O)n2C(C)C. The van der Waals surface area contributed by atoms with Crippen LogP contribution in [0, 0.1) is 6.92 Å². The van der Waals surface area contributed by atoms with Gasteiger partial charge in [0.05, 0.1) is 11.0 Å². The van der Waals surface area contributed by atoms with E-state index in [2.05, 4.69) is 0 Å². The molecule has 0 spiro atoms. The molecule has 0 aliphatic heterocycles. The molecule has 0 fully saturated rings. The molecule has 80 valence electrons. The van der Waals surface area contributed by atoms with Gasteiger partial charge in [-0.25, -0.2) is 4.79 Å². The van der Waals surface area contributed by atoms with E-state index in [4.69, 9.17) is 0 Å². The van der Waals surface area contributed by atoms with E-state index in [1.165, 1.54) is 0 Å². The molecule has 0 bridgehead atoms. The molecule has 1 aromatic carbocycles. The van der Waals surface area contributed by atoms with Gasteiger partial charge in [0.1, 0.15) is 0 Å². The highest BCUT2D eigenvalue weighted by Crippen LogP contribution is 2.19. The normalized spacial score (nSPS) is 11.5. The lowest BCUT2D eigenvalue weighted by Gasteiger charge is -2.06. The third kappa shape index (κ3) is 1.30. The molecule has 0 saturated carbocycles. The van der Waals surface area contributed by atoms with Gasteiger partial charge in [0.2, 0.25) is 0 Å². The summed E-state index contributed by atoms with van der Waals surface area (Å²) in [4.78, 5) is 12.0. The van der Waals surface area contributed by atoms with Gasteiger partial charge in [0.25, 0.3) is 0 Å². The van der Waals surface area contributed by atoms with E-state index in [1.807, 2.05) is 50.6 Å². The van der Waals surface area contributed by atoms with Gasteiger partial charge in [-0.1, -0.05) is 12.1 Å².